The molecule has 5 heteroatoms. The topological polar surface area (TPSA) is 81.6 Å². The molecule has 0 fully saturated rings. The van der Waals surface area contributed by atoms with E-state index in [1.54, 1.807) is 0 Å². The molecule has 20 heavy (non-hydrogen) atoms. The van der Waals surface area contributed by atoms with E-state index in [0.717, 1.165) is 11.3 Å². The molecular weight excluding hydrogens is 254 g/mol. The Balaban J connectivity index is 2.60. The van der Waals surface area contributed by atoms with Crippen molar-refractivity contribution in [2.45, 2.75) is 32.9 Å². The van der Waals surface area contributed by atoms with Gasteiger partial charge in [-0.05, 0) is 32.4 Å². The van der Waals surface area contributed by atoms with Gasteiger partial charge in [-0.25, -0.2) is 0 Å². The lowest BCUT2D eigenvalue weighted by molar-refractivity contribution is -0.119. The Bertz CT molecular complexity index is 441. The summed E-state index contributed by atoms with van der Waals surface area (Å²) in [5, 5.41) is 0. The van der Waals surface area contributed by atoms with Gasteiger partial charge in [0.05, 0.1) is 18.8 Å². The number of benzene rings is 1. The predicted octanol–water partition coefficient (Wildman–Crippen LogP) is 1.37. The number of nitrogens with two attached hydrogens (primary N) is 2. The monoisotopic (exact) mass is 279 g/mol. The Hall–Kier alpha value is -1.59. The normalized spacial score (nSPS) is 11.8. The van der Waals surface area contributed by atoms with Crippen LogP contribution in [0.15, 0.2) is 24.3 Å². The quantitative estimate of drug-likeness (QED) is 0.739. The molecule has 0 aliphatic carbocycles. The average molecular weight is 279 g/mol. The molecule has 1 aromatic rings. The van der Waals surface area contributed by atoms with Crippen LogP contribution in [0.2, 0.25) is 0 Å². The first-order valence-electron chi connectivity index (χ1n) is 6.76. The number of hydrogen-bond acceptors (Lipinski definition) is 4. The summed E-state index contributed by atoms with van der Waals surface area (Å²) >= 11 is 0. The van der Waals surface area contributed by atoms with Crippen molar-refractivity contribution in [3.63, 3.8) is 0 Å². The fourth-order valence-corrected chi connectivity index (χ4v) is 1.83. The van der Waals surface area contributed by atoms with E-state index in [4.69, 9.17) is 16.2 Å². The molecule has 5 nitrogen and oxygen atoms in total. The molecule has 4 N–H and O–H groups in total. The first kappa shape index (κ1) is 16.5. The number of ether oxygens (including phenoxy) is 1. The van der Waals surface area contributed by atoms with Crippen molar-refractivity contribution in [3.8, 4) is 0 Å². The van der Waals surface area contributed by atoms with Gasteiger partial charge in [-0.15, -0.1) is 0 Å². The van der Waals surface area contributed by atoms with Gasteiger partial charge < -0.3 is 16.2 Å². The van der Waals surface area contributed by atoms with Gasteiger partial charge in [0.2, 0.25) is 5.91 Å². The first-order chi connectivity index (χ1) is 9.28. The first-order valence-corrected chi connectivity index (χ1v) is 6.76. The lowest BCUT2D eigenvalue weighted by Crippen LogP contribution is -2.37. The van der Waals surface area contributed by atoms with Crippen LogP contribution in [-0.4, -0.2) is 36.1 Å². The minimum Gasteiger partial charge on any atom is -0.398 e. The van der Waals surface area contributed by atoms with E-state index in [1.807, 2.05) is 49.9 Å². The third kappa shape index (κ3) is 6.54. The minimum atomic E-state index is -0.352. The summed E-state index contributed by atoms with van der Waals surface area (Å²) in [6, 6.07) is 7.62. The van der Waals surface area contributed by atoms with Crippen molar-refractivity contribution in [1.82, 2.24) is 4.90 Å². The van der Waals surface area contributed by atoms with Crippen LogP contribution in [-0.2, 0) is 16.1 Å². The molecule has 0 aliphatic rings. The van der Waals surface area contributed by atoms with E-state index in [-0.39, 0.29) is 18.1 Å². The molecule has 112 valence electrons. The fourth-order valence-electron chi connectivity index (χ4n) is 1.83. The van der Waals surface area contributed by atoms with E-state index in [9.17, 15) is 4.79 Å². The standard InChI is InChI=1S/C15H25N3O2/c1-15(2,3)20-9-8-18(11-14(17)19)10-12-6-4-5-7-13(12)16/h4-7H,8-11,16H2,1-3H3,(H2,17,19). The zero-order valence-corrected chi connectivity index (χ0v) is 12.6. The van der Waals surface area contributed by atoms with Crippen LogP contribution in [0, 0.1) is 0 Å². The number of carbonyl (C=O) groups is 1. The van der Waals surface area contributed by atoms with Gasteiger partial charge in [-0.3, -0.25) is 9.69 Å². The molecule has 0 bridgehead atoms. The zero-order valence-electron chi connectivity index (χ0n) is 12.6. The highest BCUT2D eigenvalue weighted by molar-refractivity contribution is 5.75. The Morgan fingerprint density at radius 1 is 1.30 bits per heavy atom. The van der Waals surface area contributed by atoms with Crippen LogP contribution in [0.4, 0.5) is 5.69 Å². The van der Waals surface area contributed by atoms with E-state index in [2.05, 4.69) is 0 Å². The number of nitrogens with zero attached hydrogens (tertiary/aromatic N) is 1. The Morgan fingerprint density at radius 2 is 1.95 bits per heavy atom. The average Bonchev–Trinajstić information content (AvgIpc) is 2.29. The van der Waals surface area contributed by atoms with Crippen molar-refractivity contribution in [2.24, 2.45) is 5.73 Å². The number of amides is 1. The molecule has 0 unspecified atom stereocenters. The van der Waals surface area contributed by atoms with Gasteiger partial charge in [0.15, 0.2) is 0 Å². The largest absolute Gasteiger partial charge is 0.398 e. The fraction of sp³-hybridized carbons (Fsp3) is 0.533. The second-order valence-electron chi connectivity index (χ2n) is 5.84. The summed E-state index contributed by atoms with van der Waals surface area (Å²) in [6.45, 7) is 7.96. The maximum atomic E-state index is 11.2. The van der Waals surface area contributed by atoms with Crippen LogP contribution in [0.25, 0.3) is 0 Å². The van der Waals surface area contributed by atoms with E-state index in [0.29, 0.717) is 19.7 Å². The van der Waals surface area contributed by atoms with Crippen molar-refractivity contribution in [2.75, 3.05) is 25.4 Å². The van der Waals surface area contributed by atoms with E-state index in [1.165, 1.54) is 0 Å². The highest BCUT2D eigenvalue weighted by Gasteiger charge is 2.14. The number of hydrogen-bond donors (Lipinski definition) is 2. The SMILES string of the molecule is CC(C)(C)OCCN(CC(N)=O)Cc1ccccc1N. The summed E-state index contributed by atoms with van der Waals surface area (Å²) in [5.74, 6) is -0.352. The lowest BCUT2D eigenvalue weighted by Gasteiger charge is -2.25. The molecule has 1 amide bonds. The minimum absolute atomic E-state index is 0.190. The van der Waals surface area contributed by atoms with Crippen LogP contribution < -0.4 is 11.5 Å². The maximum absolute atomic E-state index is 11.2. The van der Waals surface area contributed by atoms with Crippen LogP contribution in [0.3, 0.4) is 0 Å². The van der Waals surface area contributed by atoms with Crippen molar-refractivity contribution in [3.05, 3.63) is 29.8 Å². The summed E-state index contributed by atoms with van der Waals surface area (Å²) in [4.78, 5) is 13.1. The number of nitrogen functional groups attached to an aromatic ring is 1. The Kier molecular flexibility index (Phi) is 5.98. The van der Waals surface area contributed by atoms with Crippen molar-refractivity contribution in [1.29, 1.82) is 0 Å². The third-order valence-corrected chi connectivity index (χ3v) is 2.77. The smallest absolute Gasteiger partial charge is 0.231 e. The van der Waals surface area contributed by atoms with Crippen LogP contribution >= 0.6 is 0 Å². The third-order valence-electron chi connectivity index (χ3n) is 2.77. The molecule has 0 saturated carbocycles. The maximum Gasteiger partial charge on any atom is 0.231 e. The summed E-state index contributed by atoms with van der Waals surface area (Å²) < 4.78 is 5.68. The van der Waals surface area contributed by atoms with Crippen LogP contribution in [0.1, 0.15) is 26.3 Å². The molecule has 0 radical (unpaired) electrons. The number of primary amides is 1. The van der Waals surface area contributed by atoms with E-state index < -0.39 is 0 Å². The highest BCUT2D eigenvalue weighted by Crippen LogP contribution is 2.13. The number of anilines is 1. The van der Waals surface area contributed by atoms with Crippen LogP contribution in [0.5, 0.6) is 0 Å². The molecule has 0 aliphatic heterocycles. The number of rotatable bonds is 7. The molecule has 0 aromatic heterocycles. The summed E-state index contributed by atoms with van der Waals surface area (Å²) in [5.41, 5.74) is 12.7. The molecule has 0 saturated heterocycles. The summed E-state index contributed by atoms with van der Waals surface area (Å²) in [6.07, 6.45) is 0. The van der Waals surface area contributed by atoms with Gasteiger partial charge in [0.25, 0.3) is 0 Å². The highest BCUT2D eigenvalue weighted by atomic mass is 16.5. The van der Waals surface area contributed by atoms with Gasteiger partial charge in [0, 0.05) is 18.8 Å². The second kappa shape index (κ2) is 7.26. The number of carbonyl (C=O) groups excluding carboxylic acids is 1. The predicted molar refractivity (Wildman–Crippen MR) is 81.0 cm³/mol. The number of para-hydroxylation sites is 1. The van der Waals surface area contributed by atoms with Gasteiger partial charge >= 0.3 is 0 Å². The summed E-state index contributed by atoms with van der Waals surface area (Å²) in [7, 11) is 0. The van der Waals surface area contributed by atoms with Crippen molar-refractivity contribution >= 4 is 11.6 Å². The Labute approximate surface area is 120 Å². The Morgan fingerprint density at radius 3 is 2.50 bits per heavy atom. The second-order valence-corrected chi connectivity index (χ2v) is 5.84. The molecule has 1 rings (SSSR count). The lowest BCUT2D eigenvalue weighted by atomic mass is 10.1. The van der Waals surface area contributed by atoms with Gasteiger partial charge in [-0.1, -0.05) is 18.2 Å². The molecule has 1 aromatic carbocycles. The van der Waals surface area contributed by atoms with Gasteiger partial charge in [0.1, 0.15) is 0 Å². The molecular formula is C15H25N3O2. The zero-order chi connectivity index (χ0) is 15.2. The molecule has 0 heterocycles. The van der Waals surface area contributed by atoms with Gasteiger partial charge in [-0.2, -0.15) is 0 Å². The van der Waals surface area contributed by atoms with Crippen molar-refractivity contribution < 1.29 is 9.53 Å². The van der Waals surface area contributed by atoms with E-state index >= 15 is 0 Å². The molecule has 0 atom stereocenters. The molecule has 0 spiro atoms.